The third-order valence-corrected chi connectivity index (χ3v) is 9.91. The van der Waals surface area contributed by atoms with Crippen LogP contribution in [-0.4, -0.2) is 26.5 Å². The number of carbonyl (C=O) groups excluding carboxylic acids is 2. The monoisotopic (exact) mass is 523 g/mol. The molecule has 0 aromatic heterocycles. The maximum atomic E-state index is 12.9. The second-order valence-electron chi connectivity index (χ2n) is 11.1. The summed E-state index contributed by atoms with van der Waals surface area (Å²) in [5.74, 6) is 0.564. The van der Waals surface area contributed by atoms with E-state index in [1.807, 2.05) is 12.1 Å². The molecule has 5 rings (SSSR count). The number of fused-ring (bicyclic) bond motifs is 5. The molecule has 7 nitrogen and oxygen atoms in total. The highest BCUT2D eigenvalue weighted by Crippen LogP contribution is 2.64. The number of esters is 2. The summed E-state index contributed by atoms with van der Waals surface area (Å²) in [4.78, 5) is 24.3. The number of hydrogen-bond donors (Lipinski definition) is 1. The molecule has 3 aliphatic rings. The van der Waals surface area contributed by atoms with Crippen molar-refractivity contribution in [2.75, 3.05) is 0 Å². The Kier molecular flexibility index (Phi) is 6.31. The zero-order valence-electron chi connectivity index (χ0n) is 21.2. The molecule has 2 unspecified atom stereocenters. The quantitative estimate of drug-likeness (QED) is 0.346. The molecule has 8 heteroatoms. The van der Waals surface area contributed by atoms with Crippen molar-refractivity contribution in [3.63, 3.8) is 0 Å². The molecule has 3 aliphatic carbocycles. The van der Waals surface area contributed by atoms with Crippen molar-refractivity contribution in [2.24, 2.45) is 22.4 Å². The summed E-state index contributed by atoms with van der Waals surface area (Å²) in [5.41, 5.74) is 2.70. The molecule has 2 fully saturated rings. The number of carbonyl (C=O) groups is 2. The van der Waals surface area contributed by atoms with Gasteiger partial charge in [0.05, 0.1) is 10.5 Å². The minimum atomic E-state index is -3.82. The molecule has 37 heavy (non-hydrogen) atoms. The van der Waals surface area contributed by atoms with Gasteiger partial charge >= 0.3 is 11.9 Å². The van der Waals surface area contributed by atoms with Gasteiger partial charge in [0.2, 0.25) is 10.0 Å². The molecule has 0 radical (unpaired) electrons. The summed E-state index contributed by atoms with van der Waals surface area (Å²) < 4.78 is 34.3. The lowest BCUT2D eigenvalue weighted by Crippen LogP contribution is -2.49. The first-order valence-corrected chi connectivity index (χ1v) is 14.3. The Balaban J connectivity index is 1.36. The number of sulfonamides is 1. The van der Waals surface area contributed by atoms with Crippen LogP contribution in [0, 0.1) is 17.3 Å². The number of allylic oxidation sites excluding steroid dienone is 1. The van der Waals surface area contributed by atoms with E-state index in [9.17, 15) is 18.0 Å². The van der Waals surface area contributed by atoms with E-state index in [1.165, 1.54) is 42.3 Å². The van der Waals surface area contributed by atoms with Crippen LogP contribution in [0.15, 0.2) is 60.0 Å². The van der Waals surface area contributed by atoms with Crippen molar-refractivity contribution >= 4 is 22.0 Å². The van der Waals surface area contributed by atoms with Crippen LogP contribution in [0.2, 0.25) is 0 Å². The first-order valence-electron chi connectivity index (χ1n) is 12.7. The van der Waals surface area contributed by atoms with Gasteiger partial charge in [-0.05, 0) is 103 Å². The summed E-state index contributed by atoms with van der Waals surface area (Å²) >= 11 is 0. The average molecular weight is 524 g/mol. The van der Waals surface area contributed by atoms with E-state index in [1.54, 1.807) is 0 Å². The van der Waals surface area contributed by atoms with Crippen LogP contribution in [0.25, 0.3) is 0 Å². The molecule has 196 valence electrons. The molecular weight excluding hydrogens is 490 g/mol. The number of nitrogens with two attached hydrogens (primary N) is 1. The summed E-state index contributed by atoms with van der Waals surface area (Å²) in [6.45, 7) is 8.00. The van der Waals surface area contributed by atoms with E-state index >= 15 is 0 Å². The second-order valence-corrected chi connectivity index (χ2v) is 12.7. The van der Waals surface area contributed by atoms with Gasteiger partial charge in [0, 0.05) is 12.3 Å². The van der Waals surface area contributed by atoms with Gasteiger partial charge in [-0.25, -0.2) is 18.4 Å². The highest BCUT2D eigenvalue weighted by Gasteiger charge is 2.58. The molecule has 0 aliphatic heterocycles. The third kappa shape index (κ3) is 4.50. The Bertz CT molecular complexity index is 1370. The topological polar surface area (TPSA) is 113 Å². The first kappa shape index (κ1) is 25.7. The standard InChI is InChI=1S/C29H33NO6S/c1-4-29-14-13-28(3)17-22(36-27(32)19-5-9-23(10-6-19)37(30,33)34)16-26(28)25(29)11-7-20-15-21(35-18(2)31)8-12-24(20)29/h4-6,8-10,12,15,22,25-26H,1,7,11,13-14,16-17H2,2-3H3,(H2,30,33,34)/t22-,25?,26?,28-,29-/m1/s1. The van der Waals surface area contributed by atoms with Gasteiger partial charge in [0.1, 0.15) is 11.9 Å². The molecule has 2 aromatic rings. The van der Waals surface area contributed by atoms with Crippen molar-refractivity contribution in [2.45, 2.75) is 68.8 Å². The van der Waals surface area contributed by atoms with Gasteiger partial charge in [-0.1, -0.05) is 19.1 Å². The molecule has 0 amide bonds. The van der Waals surface area contributed by atoms with E-state index < -0.39 is 16.0 Å². The van der Waals surface area contributed by atoms with Crippen LogP contribution in [0.1, 0.15) is 67.4 Å². The minimum absolute atomic E-state index is 0.0400. The molecule has 2 saturated carbocycles. The lowest BCUT2D eigenvalue weighted by atomic mass is 9.49. The Morgan fingerprint density at radius 2 is 1.84 bits per heavy atom. The smallest absolute Gasteiger partial charge is 0.338 e. The predicted octanol–water partition coefficient (Wildman–Crippen LogP) is 4.68. The van der Waals surface area contributed by atoms with Crippen LogP contribution in [0.5, 0.6) is 5.75 Å². The maximum absolute atomic E-state index is 12.9. The molecule has 0 heterocycles. The van der Waals surface area contributed by atoms with E-state index in [4.69, 9.17) is 14.6 Å². The van der Waals surface area contributed by atoms with E-state index in [2.05, 4.69) is 25.6 Å². The zero-order chi connectivity index (χ0) is 26.6. The fraction of sp³-hybridized carbons (Fsp3) is 0.448. The van der Waals surface area contributed by atoms with Gasteiger partial charge in [-0.2, -0.15) is 0 Å². The number of ether oxygens (including phenoxy) is 2. The Hall–Kier alpha value is -2.97. The van der Waals surface area contributed by atoms with Crippen molar-refractivity contribution in [1.82, 2.24) is 0 Å². The van der Waals surface area contributed by atoms with Crippen LogP contribution >= 0.6 is 0 Å². The number of primary sulfonamides is 1. The maximum Gasteiger partial charge on any atom is 0.338 e. The van der Waals surface area contributed by atoms with Crippen LogP contribution in [-0.2, 0) is 31.4 Å². The van der Waals surface area contributed by atoms with Crippen LogP contribution < -0.4 is 9.88 Å². The summed E-state index contributed by atoms with van der Waals surface area (Å²) in [7, 11) is -3.82. The molecule has 0 bridgehead atoms. The number of rotatable bonds is 5. The van der Waals surface area contributed by atoms with Crippen molar-refractivity contribution < 1.29 is 27.5 Å². The zero-order valence-corrected chi connectivity index (χ0v) is 22.1. The minimum Gasteiger partial charge on any atom is -0.459 e. The molecule has 5 atom stereocenters. The lowest BCUT2D eigenvalue weighted by Gasteiger charge is -2.55. The number of benzene rings is 2. The second kappa shape index (κ2) is 9.10. The summed E-state index contributed by atoms with van der Waals surface area (Å²) in [5, 5.41) is 5.16. The Morgan fingerprint density at radius 1 is 1.11 bits per heavy atom. The average Bonchev–Trinajstić information content (AvgIpc) is 3.18. The number of aryl methyl sites for hydroxylation is 1. The SMILES string of the molecule is C=C[C@]12CC[C@]3(C)C[C@H](OC(=O)c4ccc(S(N)(=O)=O)cc4)CC3C1CCc1cc(OC(C)=O)ccc12. The highest BCUT2D eigenvalue weighted by molar-refractivity contribution is 7.89. The summed E-state index contributed by atoms with van der Waals surface area (Å²) in [6.07, 6.45) is 7.39. The van der Waals surface area contributed by atoms with Crippen LogP contribution in [0.3, 0.4) is 0 Å². The fourth-order valence-corrected chi connectivity index (χ4v) is 7.83. The Morgan fingerprint density at radius 3 is 2.49 bits per heavy atom. The van der Waals surface area contributed by atoms with Gasteiger partial charge in [0.15, 0.2) is 0 Å². The Labute approximate surface area is 218 Å². The molecule has 2 aromatic carbocycles. The van der Waals surface area contributed by atoms with Crippen molar-refractivity contribution in [1.29, 1.82) is 0 Å². The largest absolute Gasteiger partial charge is 0.459 e. The van der Waals surface area contributed by atoms with E-state index in [-0.39, 0.29) is 27.8 Å². The molecule has 0 saturated heterocycles. The van der Waals surface area contributed by atoms with E-state index in [0.29, 0.717) is 23.1 Å². The molecular formula is C29H33NO6S. The normalized spacial score (nSPS) is 30.4. The van der Waals surface area contributed by atoms with Crippen LogP contribution in [0.4, 0.5) is 0 Å². The van der Waals surface area contributed by atoms with Gasteiger partial charge in [0.25, 0.3) is 0 Å². The fourth-order valence-electron chi connectivity index (χ4n) is 7.31. The van der Waals surface area contributed by atoms with Crippen molar-refractivity contribution in [3.05, 3.63) is 71.8 Å². The van der Waals surface area contributed by atoms with E-state index in [0.717, 1.165) is 38.5 Å². The van der Waals surface area contributed by atoms with Crippen molar-refractivity contribution in [3.8, 4) is 5.75 Å². The third-order valence-electron chi connectivity index (χ3n) is 8.98. The highest BCUT2D eigenvalue weighted by atomic mass is 32.2. The predicted molar refractivity (Wildman–Crippen MR) is 139 cm³/mol. The van der Waals surface area contributed by atoms with Gasteiger partial charge in [-0.15, -0.1) is 6.58 Å². The number of hydrogen-bond acceptors (Lipinski definition) is 6. The summed E-state index contributed by atoms with van der Waals surface area (Å²) in [6, 6.07) is 11.5. The lowest BCUT2D eigenvalue weighted by molar-refractivity contribution is -0.131. The van der Waals surface area contributed by atoms with Gasteiger partial charge < -0.3 is 9.47 Å². The first-order chi connectivity index (χ1) is 17.4. The molecule has 2 N–H and O–H groups in total. The van der Waals surface area contributed by atoms with Gasteiger partial charge in [-0.3, -0.25) is 4.79 Å². The molecule has 0 spiro atoms.